The van der Waals surface area contributed by atoms with Crippen molar-refractivity contribution in [2.75, 3.05) is 18.0 Å². The van der Waals surface area contributed by atoms with Gasteiger partial charge in [-0.25, -0.2) is 0 Å². The number of fused-ring (bicyclic) bond motifs is 2. The molecule has 0 spiro atoms. The molecule has 6 nitrogen and oxygen atoms in total. The Labute approximate surface area is 227 Å². The summed E-state index contributed by atoms with van der Waals surface area (Å²) in [7, 11) is 0. The number of anilines is 1. The number of rotatable bonds is 10. The monoisotopic (exact) mass is 539 g/mol. The maximum absolute atomic E-state index is 10.6. The molecule has 1 N–H and O–H groups in total. The molecule has 2 unspecified atom stereocenters. The van der Waals surface area contributed by atoms with E-state index in [2.05, 4.69) is 40.5 Å². The van der Waals surface area contributed by atoms with Gasteiger partial charge in [-0.3, -0.25) is 4.79 Å². The fourth-order valence-corrected chi connectivity index (χ4v) is 6.61. The predicted molar refractivity (Wildman–Crippen MR) is 145 cm³/mol. The van der Waals surface area contributed by atoms with Gasteiger partial charge in [0.1, 0.15) is 11.5 Å². The van der Waals surface area contributed by atoms with Crippen LogP contribution in [0.2, 0.25) is 10.0 Å². The van der Waals surface area contributed by atoms with Gasteiger partial charge >= 0.3 is 0 Å². The molecule has 2 aromatic carbocycles. The minimum Gasteiger partial charge on any atom is -0.373 e. The highest BCUT2D eigenvalue weighted by Gasteiger charge is 2.45. The highest BCUT2D eigenvalue weighted by Crippen LogP contribution is 2.47. The molecule has 6 rings (SSSR count). The molecular formula is C29H31Cl2N3O3. The molecular weight excluding hydrogens is 509 g/mol. The van der Waals surface area contributed by atoms with E-state index >= 15 is 0 Å². The van der Waals surface area contributed by atoms with Crippen LogP contribution in [-0.2, 0) is 22.6 Å². The van der Waals surface area contributed by atoms with Crippen LogP contribution in [0.5, 0.6) is 0 Å². The van der Waals surface area contributed by atoms with Crippen molar-refractivity contribution in [2.45, 2.75) is 63.7 Å². The summed E-state index contributed by atoms with van der Waals surface area (Å²) in [6.45, 7) is 4.23. The zero-order chi connectivity index (χ0) is 25.5. The molecule has 8 heteroatoms. The zero-order valence-electron chi connectivity index (χ0n) is 20.9. The lowest BCUT2D eigenvalue weighted by molar-refractivity contribution is -0.109. The molecule has 0 radical (unpaired) electrons. The summed E-state index contributed by atoms with van der Waals surface area (Å²) in [5.41, 5.74) is 6.23. The molecule has 2 heterocycles. The summed E-state index contributed by atoms with van der Waals surface area (Å²) < 4.78 is 12.4. The number of nitrogens with zero attached hydrogens (tertiary/aromatic N) is 2. The second-order valence-electron chi connectivity index (χ2n) is 10.6. The zero-order valence-corrected chi connectivity index (χ0v) is 22.4. The first-order chi connectivity index (χ1) is 18.0. The van der Waals surface area contributed by atoms with E-state index in [0.29, 0.717) is 46.8 Å². The molecule has 1 aliphatic heterocycles. The van der Waals surface area contributed by atoms with Crippen LogP contribution in [0.3, 0.4) is 0 Å². The Morgan fingerprint density at radius 3 is 2.70 bits per heavy atom. The van der Waals surface area contributed by atoms with Crippen molar-refractivity contribution in [1.29, 1.82) is 0 Å². The van der Waals surface area contributed by atoms with E-state index in [-0.39, 0.29) is 6.10 Å². The normalized spacial score (nSPS) is 22.6. The first-order valence-corrected chi connectivity index (χ1v) is 13.9. The minimum absolute atomic E-state index is 0.208. The van der Waals surface area contributed by atoms with Gasteiger partial charge in [0.25, 0.3) is 0 Å². The van der Waals surface area contributed by atoms with E-state index in [1.54, 1.807) is 0 Å². The summed E-state index contributed by atoms with van der Waals surface area (Å²) >= 11 is 13.0. The van der Waals surface area contributed by atoms with Crippen molar-refractivity contribution in [1.82, 2.24) is 10.5 Å². The van der Waals surface area contributed by atoms with Crippen LogP contribution in [-0.4, -0.2) is 36.8 Å². The van der Waals surface area contributed by atoms with Crippen LogP contribution in [0.4, 0.5) is 5.69 Å². The molecule has 3 atom stereocenters. The third-order valence-corrected chi connectivity index (χ3v) is 8.80. The minimum atomic E-state index is 0.208. The van der Waals surface area contributed by atoms with Crippen LogP contribution in [0.1, 0.15) is 54.1 Å². The lowest BCUT2D eigenvalue weighted by atomic mass is 10.0. The Morgan fingerprint density at radius 2 is 2.00 bits per heavy atom. The number of hydrogen-bond acceptors (Lipinski definition) is 5. The molecule has 2 aliphatic carbocycles. The molecule has 2 saturated carbocycles. The maximum Gasteiger partial charge on any atom is 0.207 e. The van der Waals surface area contributed by atoms with E-state index in [1.807, 2.05) is 18.2 Å². The van der Waals surface area contributed by atoms with Gasteiger partial charge in [-0.2, -0.15) is 0 Å². The van der Waals surface area contributed by atoms with Gasteiger partial charge in [0.2, 0.25) is 6.41 Å². The second kappa shape index (κ2) is 10.3. The summed E-state index contributed by atoms with van der Waals surface area (Å²) in [5.74, 6) is 1.82. The van der Waals surface area contributed by atoms with E-state index in [1.165, 1.54) is 16.8 Å². The molecule has 37 heavy (non-hydrogen) atoms. The van der Waals surface area contributed by atoms with Crippen LogP contribution >= 0.6 is 23.2 Å². The summed E-state index contributed by atoms with van der Waals surface area (Å²) in [6.07, 6.45) is 6.19. The van der Waals surface area contributed by atoms with Crippen molar-refractivity contribution in [3.8, 4) is 11.3 Å². The Bertz CT molecular complexity index is 1290. The van der Waals surface area contributed by atoms with Crippen molar-refractivity contribution >= 4 is 35.3 Å². The van der Waals surface area contributed by atoms with Crippen molar-refractivity contribution < 1.29 is 14.1 Å². The molecule has 1 saturated heterocycles. The van der Waals surface area contributed by atoms with Crippen molar-refractivity contribution in [2.24, 2.45) is 5.92 Å². The van der Waals surface area contributed by atoms with Gasteiger partial charge in [-0.15, -0.1) is 0 Å². The number of amides is 1. The van der Waals surface area contributed by atoms with Crippen LogP contribution in [0.15, 0.2) is 40.9 Å². The SMILES string of the molecule is Cc1ccc(N2CC3C[C@@H]2CC3OCc2c(-c3c(Cl)cccc3Cl)noc2C2CC2)cc1CCNC=O. The second-order valence-corrected chi connectivity index (χ2v) is 11.4. The Balaban J connectivity index is 1.15. The highest BCUT2D eigenvalue weighted by molar-refractivity contribution is 6.39. The van der Waals surface area contributed by atoms with Crippen LogP contribution in [0.25, 0.3) is 11.3 Å². The molecule has 194 valence electrons. The number of carbonyl (C=O) groups is 1. The van der Waals surface area contributed by atoms with Crippen molar-refractivity contribution in [3.05, 3.63) is 68.9 Å². The topological polar surface area (TPSA) is 67.6 Å². The van der Waals surface area contributed by atoms with Crippen molar-refractivity contribution in [3.63, 3.8) is 0 Å². The molecule has 3 fully saturated rings. The number of piperidine rings is 1. The quantitative estimate of drug-likeness (QED) is 0.241. The van der Waals surface area contributed by atoms with Crippen LogP contribution in [0, 0.1) is 12.8 Å². The van der Waals surface area contributed by atoms with Gasteiger partial charge in [0.05, 0.1) is 22.8 Å². The van der Waals surface area contributed by atoms with Gasteiger partial charge < -0.3 is 19.5 Å². The molecule has 2 bridgehead atoms. The van der Waals surface area contributed by atoms with E-state index < -0.39 is 0 Å². The average Bonchev–Trinajstić information content (AvgIpc) is 3.34. The molecule has 1 amide bonds. The first-order valence-electron chi connectivity index (χ1n) is 13.1. The van der Waals surface area contributed by atoms with Gasteiger partial charge in [0, 0.05) is 47.8 Å². The number of benzene rings is 2. The number of halogens is 2. The average molecular weight is 540 g/mol. The number of carbonyl (C=O) groups excluding carboxylic acids is 1. The summed E-state index contributed by atoms with van der Waals surface area (Å²) in [5, 5.41) is 8.31. The number of hydrogen-bond donors (Lipinski definition) is 1. The van der Waals surface area contributed by atoms with E-state index in [9.17, 15) is 4.79 Å². The number of nitrogens with one attached hydrogen (secondary N) is 1. The third-order valence-electron chi connectivity index (χ3n) is 8.17. The summed E-state index contributed by atoms with van der Waals surface area (Å²) in [4.78, 5) is 13.2. The number of ether oxygens (including phenoxy) is 1. The lowest BCUT2D eigenvalue weighted by Crippen LogP contribution is -2.38. The van der Waals surface area contributed by atoms with Gasteiger partial charge in [-0.05, 0) is 74.4 Å². The number of aromatic nitrogens is 1. The van der Waals surface area contributed by atoms with E-state index in [4.69, 9.17) is 32.5 Å². The largest absolute Gasteiger partial charge is 0.373 e. The van der Waals surface area contributed by atoms with Gasteiger partial charge in [0.15, 0.2) is 0 Å². The van der Waals surface area contributed by atoms with E-state index in [0.717, 1.165) is 61.9 Å². The fraction of sp³-hybridized carbons (Fsp3) is 0.448. The smallest absolute Gasteiger partial charge is 0.207 e. The van der Waals surface area contributed by atoms with Gasteiger partial charge in [-0.1, -0.05) is 40.5 Å². The lowest BCUT2D eigenvalue weighted by Gasteiger charge is -2.33. The summed E-state index contributed by atoms with van der Waals surface area (Å²) in [6, 6.07) is 12.7. The molecule has 3 aromatic rings. The Kier molecular flexibility index (Phi) is 6.91. The standard InChI is InChI=1S/C29H31Cl2N3O3/c1-17-5-8-21(11-19(17)9-10-32-16-35)34-14-20-12-22(34)13-26(20)36-15-23-28(33-37-29(23)18-6-7-18)27-24(30)3-2-4-25(27)31/h2-5,8,11,16,18,20,22,26H,6-7,9-10,12-15H2,1H3,(H,32,35)/t20?,22-,26?/m1/s1. The molecule has 1 aromatic heterocycles. The van der Waals surface area contributed by atoms with Crippen LogP contribution < -0.4 is 10.2 Å². The maximum atomic E-state index is 10.6. The Morgan fingerprint density at radius 1 is 1.19 bits per heavy atom. The highest BCUT2D eigenvalue weighted by atomic mass is 35.5. The third kappa shape index (κ3) is 4.87. The fourth-order valence-electron chi connectivity index (χ4n) is 6.04. The predicted octanol–water partition coefficient (Wildman–Crippen LogP) is 6.31. The first kappa shape index (κ1) is 24.8. The molecule has 3 aliphatic rings. The Hall–Kier alpha value is -2.54. The number of aryl methyl sites for hydroxylation is 1.